The number of hydrogen-bond donors (Lipinski definition) is 1. The normalized spacial score (nSPS) is 9.88. The van der Waals surface area contributed by atoms with Gasteiger partial charge in [-0.25, -0.2) is 4.98 Å². The highest BCUT2D eigenvalue weighted by Gasteiger charge is 2.03. The van der Waals surface area contributed by atoms with Crippen LogP contribution in [0.4, 0.5) is 0 Å². The van der Waals surface area contributed by atoms with E-state index >= 15 is 0 Å². The summed E-state index contributed by atoms with van der Waals surface area (Å²) in [6, 6.07) is 8.83. The van der Waals surface area contributed by atoms with Crippen molar-refractivity contribution in [1.29, 1.82) is 0 Å². The maximum Gasteiger partial charge on any atom is 0.258 e. The van der Waals surface area contributed by atoms with Crippen molar-refractivity contribution in [2.75, 3.05) is 6.61 Å². The molecule has 0 unspecified atom stereocenters. The predicted octanol–water partition coefficient (Wildman–Crippen LogP) is 1.37. The summed E-state index contributed by atoms with van der Waals surface area (Å²) < 4.78 is 10.3. The van der Waals surface area contributed by atoms with Gasteiger partial charge in [0.25, 0.3) is 5.91 Å². The summed E-state index contributed by atoms with van der Waals surface area (Å²) in [7, 11) is 0. The predicted molar refractivity (Wildman–Crippen MR) is 60.3 cm³/mol. The molecule has 2 aromatic rings. The largest absolute Gasteiger partial charge is 0.468 e. The van der Waals surface area contributed by atoms with E-state index in [1.54, 1.807) is 42.8 Å². The monoisotopic (exact) mass is 232 g/mol. The molecule has 2 heterocycles. The molecule has 0 saturated carbocycles. The van der Waals surface area contributed by atoms with Crippen LogP contribution < -0.4 is 10.1 Å². The van der Waals surface area contributed by atoms with Crippen LogP contribution >= 0.6 is 0 Å². The summed E-state index contributed by atoms with van der Waals surface area (Å²) in [5.41, 5.74) is 0. The second kappa shape index (κ2) is 5.69. The van der Waals surface area contributed by atoms with Gasteiger partial charge in [0.05, 0.1) is 12.8 Å². The lowest BCUT2D eigenvalue weighted by Crippen LogP contribution is -2.28. The van der Waals surface area contributed by atoms with E-state index in [1.165, 1.54) is 0 Å². The summed E-state index contributed by atoms with van der Waals surface area (Å²) in [6.45, 7) is 0.301. The number of nitrogens with zero attached hydrogens (tertiary/aromatic N) is 1. The second-order valence-electron chi connectivity index (χ2n) is 3.31. The molecular formula is C12H12N2O3. The molecule has 0 radical (unpaired) electrons. The van der Waals surface area contributed by atoms with E-state index in [0.717, 1.165) is 0 Å². The minimum absolute atomic E-state index is 0.0578. The molecule has 0 bridgehead atoms. The number of furan rings is 1. The summed E-state index contributed by atoms with van der Waals surface area (Å²) in [6.07, 6.45) is 3.17. The molecule has 0 fully saturated rings. The Kier molecular flexibility index (Phi) is 3.75. The fraction of sp³-hybridized carbons (Fsp3) is 0.167. The number of rotatable bonds is 5. The third kappa shape index (κ3) is 3.64. The third-order valence-corrected chi connectivity index (χ3v) is 2.03. The van der Waals surface area contributed by atoms with Crippen LogP contribution in [-0.4, -0.2) is 17.5 Å². The van der Waals surface area contributed by atoms with E-state index < -0.39 is 0 Å². The lowest BCUT2D eigenvalue weighted by Gasteiger charge is -2.05. The minimum atomic E-state index is -0.216. The highest BCUT2D eigenvalue weighted by Crippen LogP contribution is 2.02. The van der Waals surface area contributed by atoms with Crippen molar-refractivity contribution in [2.24, 2.45) is 0 Å². The Morgan fingerprint density at radius 1 is 1.35 bits per heavy atom. The molecule has 5 nitrogen and oxygen atoms in total. The maximum atomic E-state index is 11.4. The number of carbonyl (C=O) groups is 1. The zero-order valence-electron chi connectivity index (χ0n) is 9.13. The lowest BCUT2D eigenvalue weighted by molar-refractivity contribution is -0.123. The number of carbonyl (C=O) groups excluding carboxylic acids is 1. The van der Waals surface area contributed by atoms with Crippen molar-refractivity contribution >= 4 is 5.91 Å². The van der Waals surface area contributed by atoms with Crippen molar-refractivity contribution < 1.29 is 13.9 Å². The van der Waals surface area contributed by atoms with Gasteiger partial charge in [-0.3, -0.25) is 4.79 Å². The van der Waals surface area contributed by atoms with E-state index in [9.17, 15) is 4.79 Å². The van der Waals surface area contributed by atoms with Crippen LogP contribution in [0.3, 0.4) is 0 Å². The van der Waals surface area contributed by atoms with Gasteiger partial charge in [0, 0.05) is 12.3 Å². The third-order valence-electron chi connectivity index (χ3n) is 2.03. The first-order chi connectivity index (χ1) is 8.34. The van der Waals surface area contributed by atoms with Gasteiger partial charge in [0.2, 0.25) is 5.88 Å². The SMILES string of the molecule is O=C(COc1ccccn1)NCc1ccco1. The quantitative estimate of drug-likeness (QED) is 0.845. The summed E-state index contributed by atoms with van der Waals surface area (Å²) in [4.78, 5) is 15.3. The van der Waals surface area contributed by atoms with Crippen molar-refractivity contribution in [3.05, 3.63) is 48.6 Å². The lowest BCUT2D eigenvalue weighted by atomic mass is 10.4. The Hall–Kier alpha value is -2.30. The van der Waals surface area contributed by atoms with Crippen LogP contribution in [0, 0.1) is 0 Å². The summed E-state index contributed by atoms with van der Waals surface area (Å²) >= 11 is 0. The molecule has 0 saturated heterocycles. The smallest absolute Gasteiger partial charge is 0.258 e. The Balaban J connectivity index is 1.71. The van der Waals surface area contributed by atoms with Gasteiger partial charge in [-0.05, 0) is 18.2 Å². The molecule has 17 heavy (non-hydrogen) atoms. The number of nitrogens with one attached hydrogen (secondary N) is 1. The first-order valence-electron chi connectivity index (χ1n) is 5.17. The molecule has 0 aliphatic rings. The van der Waals surface area contributed by atoms with E-state index in [2.05, 4.69) is 10.3 Å². The molecule has 0 aliphatic carbocycles. The molecular weight excluding hydrogens is 220 g/mol. The number of ether oxygens (including phenoxy) is 1. The molecule has 0 spiro atoms. The molecule has 0 aliphatic heterocycles. The van der Waals surface area contributed by atoms with Crippen molar-refractivity contribution in [2.45, 2.75) is 6.54 Å². The standard InChI is InChI=1S/C12H12N2O3/c15-11(14-8-10-4-3-7-16-10)9-17-12-5-1-2-6-13-12/h1-7H,8-9H2,(H,14,15). The average Bonchev–Trinajstić information content (AvgIpc) is 2.88. The number of pyridine rings is 1. The Morgan fingerprint density at radius 2 is 2.29 bits per heavy atom. The summed E-state index contributed by atoms with van der Waals surface area (Å²) in [5, 5.41) is 2.67. The van der Waals surface area contributed by atoms with Crippen LogP contribution in [0.25, 0.3) is 0 Å². The molecule has 5 heteroatoms. The number of hydrogen-bond acceptors (Lipinski definition) is 4. The number of aromatic nitrogens is 1. The van der Waals surface area contributed by atoms with E-state index in [-0.39, 0.29) is 12.5 Å². The summed E-state index contributed by atoms with van der Waals surface area (Å²) in [5.74, 6) is 0.920. The molecule has 2 rings (SSSR count). The van der Waals surface area contributed by atoms with Crippen LogP contribution in [0.1, 0.15) is 5.76 Å². The van der Waals surface area contributed by atoms with Crippen LogP contribution in [0.2, 0.25) is 0 Å². The fourth-order valence-electron chi connectivity index (χ4n) is 1.22. The highest BCUT2D eigenvalue weighted by molar-refractivity contribution is 5.77. The highest BCUT2D eigenvalue weighted by atomic mass is 16.5. The van der Waals surface area contributed by atoms with Gasteiger partial charge >= 0.3 is 0 Å². The van der Waals surface area contributed by atoms with Gasteiger partial charge in [0.1, 0.15) is 5.76 Å². The van der Waals surface area contributed by atoms with E-state index in [0.29, 0.717) is 18.2 Å². The van der Waals surface area contributed by atoms with Crippen molar-refractivity contribution in [1.82, 2.24) is 10.3 Å². The fourth-order valence-corrected chi connectivity index (χ4v) is 1.22. The Labute approximate surface area is 98.4 Å². The molecule has 88 valence electrons. The zero-order valence-corrected chi connectivity index (χ0v) is 9.13. The first-order valence-corrected chi connectivity index (χ1v) is 5.17. The zero-order chi connectivity index (χ0) is 11.9. The van der Waals surface area contributed by atoms with E-state index in [4.69, 9.17) is 9.15 Å². The Bertz CT molecular complexity index is 454. The van der Waals surface area contributed by atoms with Crippen LogP contribution in [0.15, 0.2) is 47.2 Å². The second-order valence-corrected chi connectivity index (χ2v) is 3.31. The number of amides is 1. The van der Waals surface area contributed by atoms with Gasteiger partial charge in [-0.2, -0.15) is 0 Å². The Morgan fingerprint density at radius 3 is 3.00 bits per heavy atom. The van der Waals surface area contributed by atoms with Crippen LogP contribution in [0.5, 0.6) is 5.88 Å². The van der Waals surface area contributed by atoms with Crippen LogP contribution in [-0.2, 0) is 11.3 Å². The molecule has 2 aromatic heterocycles. The van der Waals surface area contributed by atoms with Gasteiger partial charge in [-0.1, -0.05) is 6.07 Å². The maximum absolute atomic E-state index is 11.4. The van der Waals surface area contributed by atoms with E-state index in [1.807, 2.05) is 0 Å². The molecule has 1 amide bonds. The van der Waals surface area contributed by atoms with Crippen molar-refractivity contribution in [3.63, 3.8) is 0 Å². The first kappa shape index (κ1) is 11.2. The molecule has 0 atom stereocenters. The van der Waals surface area contributed by atoms with Gasteiger partial charge in [-0.15, -0.1) is 0 Å². The molecule has 0 aromatic carbocycles. The topological polar surface area (TPSA) is 64.4 Å². The average molecular weight is 232 g/mol. The molecule has 1 N–H and O–H groups in total. The van der Waals surface area contributed by atoms with Gasteiger partial charge < -0.3 is 14.5 Å². The van der Waals surface area contributed by atoms with Gasteiger partial charge in [0.15, 0.2) is 6.61 Å². The van der Waals surface area contributed by atoms with Crippen molar-refractivity contribution in [3.8, 4) is 5.88 Å². The minimum Gasteiger partial charge on any atom is -0.468 e.